The summed E-state index contributed by atoms with van der Waals surface area (Å²) >= 11 is 6.59. The highest BCUT2D eigenvalue weighted by atomic mass is 35.5. The standard InChI is InChI=1S/C26H19ClFN7O3/c1-15(11-29)35(26(37)38-13-16-5-3-2-4-6-16)25-23(28)22(27)21(19-12-31-32-24(19)25)17-7-8-34-18(9-17)10-20(33-34)30-14-36/h2-10,12,14-15H,13H2,1H3,(H,31,32)(H,30,33,36). The van der Waals surface area contributed by atoms with Gasteiger partial charge in [-0.2, -0.15) is 15.5 Å². The highest BCUT2D eigenvalue weighted by Crippen LogP contribution is 2.43. The third-order valence-corrected chi connectivity index (χ3v) is 6.30. The minimum absolute atomic E-state index is 0.0693. The van der Waals surface area contributed by atoms with E-state index in [0.29, 0.717) is 34.3 Å². The summed E-state index contributed by atoms with van der Waals surface area (Å²) in [5.41, 5.74) is 2.13. The van der Waals surface area contributed by atoms with Gasteiger partial charge < -0.3 is 10.1 Å². The van der Waals surface area contributed by atoms with E-state index in [2.05, 4.69) is 20.6 Å². The van der Waals surface area contributed by atoms with Crippen molar-refractivity contribution >= 4 is 52.0 Å². The Morgan fingerprint density at radius 2 is 2.13 bits per heavy atom. The van der Waals surface area contributed by atoms with E-state index in [9.17, 15) is 14.9 Å². The number of aromatic amines is 1. The van der Waals surface area contributed by atoms with Crippen molar-refractivity contribution in [3.8, 4) is 17.2 Å². The second-order valence-electron chi connectivity index (χ2n) is 8.30. The Hall–Kier alpha value is -4.95. The lowest BCUT2D eigenvalue weighted by Crippen LogP contribution is -2.39. The summed E-state index contributed by atoms with van der Waals surface area (Å²) in [7, 11) is 0. The average Bonchev–Trinajstić information content (AvgIpc) is 3.57. The molecular formula is C26H19ClFN7O3. The van der Waals surface area contributed by atoms with Gasteiger partial charge in [0.05, 0.1) is 28.3 Å². The second-order valence-corrected chi connectivity index (χ2v) is 8.68. The third kappa shape index (κ3) is 4.38. The molecule has 38 heavy (non-hydrogen) atoms. The first kappa shape index (κ1) is 24.7. The largest absolute Gasteiger partial charge is 0.444 e. The zero-order valence-corrected chi connectivity index (χ0v) is 20.6. The van der Waals surface area contributed by atoms with Gasteiger partial charge in [-0.05, 0) is 30.2 Å². The molecule has 190 valence electrons. The van der Waals surface area contributed by atoms with E-state index in [1.165, 1.54) is 13.1 Å². The zero-order valence-electron chi connectivity index (χ0n) is 19.9. The molecule has 0 aliphatic carbocycles. The van der Waals surface area contributed by atoms with Crippen molar-refractivity contribution in [1.82, 2.24) is 19.8 Å². The van der Waals surface area contributed by atoms with E-state index in [-0.39, 0.29) is 22.8 Å². The maximum atomic E-state index is 16.0. The average molecular weight is 532 g/mol. The molecule has 2 N–H and O–H groups in total. The van der Waals surface area contributed by atoms with Crippen LogP contribution in [0.4, 0.5) is 20.7 Å². The van der Waals surface area contributed by atoms with Crippen LogP contribution < -0.4 is 10.2 Å². The molecule has 0 saturated carbocycles. The molecule has 1 atom stereocenters. The number of nitrogens with zero attached hydrogens (tertiary/aromatic N) is 5. The maximum Gasteiger partial charge on any atom is 0.415 e. The van der Waals surface area contributed by atoms with Crippen LogP contribution in [0.5, 0.6) is 0 Å². The summed E-state index contributed by atoms with van der Waals surface area (Å²) in [5, 5.41) is 23.3. The molecule has 1 unspecified atom stereocenters. The SMILES string of the molecule is CC(C#N)N(C(=O)OCc1ccccc1)c1c(F)c(Cl)c(-c2ccn3nc(NC=O)cc3c2)c2cn[nH]c12. The van der Waals surface area contributed by atoms with Gasteiger partial charge in [0, 0.05) is 23.2 Å². The number of hydrogen-bond acceptors (Lipinski definition) is 6. The number of halogens is 2. The van der Waals surface area contributed by atoms with E-state index in [4.69, 9.17) is 16.3 Å². The van der Waals surface area contributed by atoms with E-state index in [1.807, 2.05) is 12.1 Å². The lowest BCUT2D eigenvalue weighted by molar-refractivity contribution is -0.105. The van der Waals surface area contributed by atoms with Crippen molar-refractivity contribution in [3.05, 3.63) is 77.3 Å². The Morgan fingerprint density at radius 1 is 1.34 bits per heavy atom. The molecule has 0 saturated heterocycles. The highest BCUT2D eigenvalue weighted by Gasteiger charge is 2.32. The number of ether oxygens (including phenoxy) is 1. The molecule has 0 aliphatic heterocycles. The predicted octanol–water partition coefficient (Wildman–Crippen LogP) is 5.29. The minimum atomic E-state index is -1.09. The summed E-state index contributed by atoms with van der Waals surface area (Å²) in [6, 6.07) is 14.9. The van der Waals surface area contributed by atoms with Crippen molar-refractivity contribution in [2.24, 2.45) is 0 Å². The van der Waals surface area contributed by atoms with E-state index >= 15 is 4.39 Å². The molecule has 0 radical (unpaired) electrons. The van der Waals surface area contributed by atoms with Crippen LogP contribution in [0.25, 0.3) is 27.5 Å². The monoisotopic (exact) mass is 531 g/mol. The van der Waals surface area contributed by atoms with Crippen molar-refractivity contribution in [2.75, 3.05) is 10.2 Å². The fraction of sp³-hybridized carbons (Fsp3) is 0.115. The first-order valence-electron chi connectivity index (χ1n) is 11.4. The number of nitrogens with one attached hydrogen (secondary N) is 2. The van der Waals surface area contributed by atoms with Gasteiger partial charge in [-0.15, -0.1) is 0 Å². The smallest absolute Gasteiger partial charge is 0.415 e. The van der Waals surface area contributed by atoms with Gasteiger partial charge in [0.2, 0.25) is 6.41 Å². The van der Waals surface area contributed by atoms with Crippen LogP contribution in [0, 0.1) is 17.1 Å². The molecule has 5 rings (SSSR count). The van der Waals surface area contributed by atoms with Gasteiger partial charge in [-0.25, -0.2) is 13.7 Å². The lowest BCUT2D eigenvalue weighted by atomic mass is 10.00. The molecule has 0 bridgehead atoms. The fourth-order valence-electron chi connectivity index (χ4n) is 4.18. The van der Waals surface area contributed by atoms with E-state index in [1.54, 1.807) is 53.2 Å². The van der Waals surface area contributed by atoms with Gasteiger partial charge in [-0.3, -0.25) is 14.8 Å². The Bertz CT molecular complexity index is 1710. The topological polar surface area (TPSA) is 128 Å². The number of nitriles is 1. The Morgan fingerprint density at radius 3 is 2.87 bits per heavy atom. The quantitative estimate of drug-likeness (QED) is 0.274. The molecule has 12 heteroatoms. The molecule has 3 aromatic heterocycles. The minimum Gasteiger partial charge on any atom is -0.444 e. The Labute approximate surface area is 220 Å². The predicted molar refractivity (Wildman–Crippen MR) is 139 cm³/mol. The van der Waals surface area contributed by atoms with Crippen molar-refractivity contribution in [1.29, 1.82) is 5.26 Å². The van der Waals surface area contributed by atoms with Crippen LogP contribution in [-0.4, -0.2) is 38.4 Å². The van der Waals surface area contributed by atoms with E-state index in [0.717, 1.165) is 10.5 Å². The second kappa shape index (κ2) is 10.2. The van der Waals surface area contributed by atoms with Gasteiger partial charge in [0.15, 0.2) is 11.6 Å². The summed E-state index contributed by atoms with van der Waals surface area (Å²) < 4.78 is 23.0. The Balaban J connectivity index is 1.61. The molecule has 5 aromatic rings. The van der Waals surface area contributed by atoms with Gasteiger partial charge in [0.1, 0.15) is 18.3 Å². The highest BCUT2D eigenvalue weighted by molar-refractivity contribution is 6.36. The first-order valence-corrected chi connectivity index (χ1v) is 11.7. The number of rotatable bonds is 7. The van der Waals surface area contributed by atoms with Crippen LogP contribution in [0.1, 0.15) is 12.5 Å². The number of aromatic nitrogens is 4. The van der Waals surface area contributed by atoms with Gasteiger partial charge in [0.25, 0.3) is 0 Å². The molecular weight excluding hydrogens is 513 g/mol. The first-order chi connectivity index (χ1) is 18.4. The van der Waals surface area contributed by atoms with Crippen molar-refractivity contribution in [2.45, 2.75) is 19.6 Å². The number of amides is 2. The number of benzene rings is 2. The van der Waals surface area contributed by atoms with Crippen molar-refractivity contribution in [3.63, 3.8) is 0 Å². The molecule has 2 aromatic carbocycles. The molecule has 0 spiro atoms. The molecule has 2 amide bonds. The zero-order chi connectivity index (χ0) is 26.8. The fourth-order valence-corrected chi connectivity index (χ4v) is 4.48. The van der Waals surface area contributed by atoms with Crippen LogP contribution in [0.3, 0.4) is 0 Å². The summed E-state index contributed by atoms with van der Waals surface area (Å²) in [6.07, 6.45) is 2.70. The summed E-state index contributed by atoms with van der Waals surface area (Å²) in [6.45, 7) is 1.38. The van der Waals surface area contributed by atoms with Crippen LogP contribution in [0.15, 0.2) is 60.9 Å². The van der Waals surface area contributed by atoms with Crippen LogP contribution >= 0.6 is 11.6 Å². The Kier molecular flexibility index (Phi) is 6.64. The summed E-state index contributed by atoms with van der Waals surface area (Å²) in [5.74, 6) is -0.581. The lowest BCUT2D eigenvalue weighted by Gasteiger charge is -2.26. The maximum absolute atomic E-state index is 16.0. The number of H-pyrrole nitrogens is 1. The number of hydrogen-bond donors (Lipinski definition) is 2. The molecule has 0 fully saturated rings. The summed E-state index contributed by atoms with van der Waals surface area (Å²) in [4.78, 5) is 24.9. The molecule has 3 heterocycles. The van der Waals surface area contributed by atoms with Gasteiger partial charge >= 0.3 is 6.09 Å². The number of fused-ring (bicyclic) bond motifs is 2. The molecule has 0 aliphatic rings. The van der Waals surface area contributed by atoms with Gasteiger partial charge in [-0.1, -0.05) is 41.9 Å². The van der Waals surface area contributed by atoms with Crippen molar-refractivity contribution < 1.29 is 18.7 Å². The van der Waals surface area contributed by atoms with E-state index < -0.39 is 18.0 Å². The number of carbonyl (C=O) groups excluding carboxylic acids is 2. The number of carbonyl (C=O) groups is 2. The normalized spacial score (nSPS) is 11.7. The number of pyridine rings is 1. The van der Waals surface area contributed by atoms with Crippen LogP contribution in [-0.2, 0) is 16.1 Å². The van der Waals surface area contributed by atoms with Crippen LogP contribution in [0.2, 0.25) is 5.02 Å². The number of anilines is 2. The molecule has 10 nitrogen and oxygen atoms in total. The third-order valence-electron chi connectivity index (χ3n) is 5.94.